The highest BCUT2D eigenvalue weighted by Crippen LogP contribution is 2.37. The summed E-state index contributed by atoms with van der Waals surface area (Å²) >= 11 is 3.34. The number of hydrogen-bond acceptors (Lipinski definition) is 3. The third-order valence-electron chi connectivity index (χ3n) is 2.70. The minimum absolute atomic E-state index is 0.238. The Hall–Kier alpha value is -1.21. The molecule has 16 heavy (non-hydrogen) atoms. The van der Waals surface area contributed by atoms with Crippen LogP contribution in [0.5, 0.6) is 11.5 Å². The van der Waals surface area contributed by atoms with E-state index in [4.69, 9.17) is 14.7 Å². The van der Waals surface area contributed by atoms with Crippen LogP contribution in [0.1, 0.15) is 24.8 Å². The number of nitrogens with zero attached hydrogens (tertiary/aromatic N) is 1. The predicted octanol–water partition coefficient (Wildman–Crippen LogP) is 3.26. The number of benzene rings is 1. The first-order chi connectivity index (χ1) is 7.74. The van der Waals surface area contributed by atoms with Gasteiger partial charge in [0, 0.05) is 4.47 Å². The quantitative estimate of drug-likeness (QED) is 0.854. The molecule has 0 spiro atoms. The SMILES string of the molecule is COc1cc(Br)cc(C#N)c1OC1CCC1. The fourth-order valence-electron chi connectivity index (χ4n) is 1.58. The Labute approximate surface area is 103 Å². The molecule has 1 aromatic rings. The van der Waals surface area contributed by atoms with Crippen LogP contribution in [0.25, 0.3) is 0 Å². The summed E-state index contributed by atoms with van der Waals surface area (Å²) in [5.41, 5.74) is 0.512. The second-order valence-electron chi connectivity index (χ2n) is 3.77. The van der Waals surface area contributed by atoms with Gasteiger partial charge in [-0.05, 0) is 31.4 Å². The molecule has 1 fully saturated rings. The third-order valence-corrected chi connectivity index (χ3v) is 3.15. The molecular formula is C12H12BrNO2. The fourth-order valence-corrected chi connectivity index (χ4v) is 2.02. The Kier molecular flexibility index (Phi) is 3.35. The van der Waals surface area contributed by atoms with Gasteiger partial charge in [0.25, 0.3) is 0 Å². The molecule has 84 valence electrons. The highest BCUT2D eigenvalue weighted by molar-refractivity contribution is 9.10. The van der Waals surface area contributed by atoms with Crippen LogP contribution >= 0.6 is 15.9 Å². The molecule has 1 aliphatic rings. The van der Waals surface area contributed by atoms with Crippen LogP contribution in [-0.2, 0) is 0 Å². The molecule has 2 rings (SSSR count). The van der Waals surface area contributed by atoms with Gasteiger partial charge in [-0.15, -0.1) is 0 Å². The molecule has 0 amide bonds. The second-order valence-corrected chi connectivity index (χ2v) is 4.68. The van der Waals surface area contributed by atoms with Crippen molar-refractivity contribution in [3.63, 3.8) is 0 Å². The maximum atomic E-state index is 9.06. The molecule has 0 radical (unpaired) electrons. The van der Waals surface area contributed by atoms with Gasteiger partial charge in [-0.3, -0.25) is 0 Å². The van der Waals surface area contributed by atoms with Crippen LogP contribution in [0.15, 0.2) is 16.6 Å². The topological polar surface area (TPSA) is 42.2 Å². The zero-order chi connectivity index (χ0) is 11.5. The van der Waals surface area contributed by atoms with E-state index in [9.17, 15) is 0 Å². The van der Waals surface area contributed by atoms with Crippen molar-refractivity contribution in [3.05, 3.63) is 22.2 Å². The average molecular weight is 282 g/mol. The summed E-state index contributed by atoms with van der Waals surface area (Å²) in [6, 6.07) is 5.69. The van der Waals surface area contributed by atoms with Gasteiger partial charge in [-0.1, -0.05) is 15.9 Å². The molecule has 3 nitrogen and oxygen atoms in total. The summed E-state index contributed by atoms with van der Waals surface area (Å²) in [4.78, 5) is 0. The number of rotatable bonds is 3. The van der Waals surface area contributed by atoms with E-state index < -0.39 is 0 Å². The molecule has 0 atom stereocenters. The van der Waals surface area contributed by atoms with Crippen LogP contribution in [0.4, 0.5) is 0 Å². The minimum Gasteiger partial charge on any atom is -0.493 e. The van der Waals surface area contributed by atoms with Gasteiger partial charge >= 0.3 is 0 Å². The highest BCUT2D eigenvalue weighted by atomic mass is 79.9. The number of halogens is 1. The average Bonchev–Trinajstić information content (AvgIpc) is 2.23. The minimum atomic E-state index is 0.238. The van der Waals surface area contributed by atoms with E-state index in [0.717, 1.165) is 17.3 Å². The maximum absolute atomic E-state index is 9.06. The van der Waals surface area contributed by atoms with Crippen molar-refractivity contribution in [2.24, 2.45) is 0 Å². The molecule has 0 aliphatic heterocycles. The summed E-state index contributed by atoms with van der Waals surface area (Å²) in [5.74, 6) is 1.18. The molecule has 1 aliphatic carbocycles. The molecule has 0 N–H and O–H groups in total. The van der Waals surface area contributed by atoms with Crippen LogP contribution in [0.3, 0.4) is 0 Å². The number of methoxy groups -OCH3 is 1. The molecule has 1 aromatic carbocycles. The lowest BCUT2D eigenvalue weighted by Crippen LogP contribution is -2.25. The fraction of sp³-hybridized carbons (Fsp3) is 0.417. The van der Waals surface area contributed by atoms with Gasteiger partial charge in [-0.2, -0.15) is 5.26 Å². The first-order valence-electron chi connectivity index (χ1n) is 5.19. The van der Waals surface area contributed by atoms with Gasteiger partial charge in [0.1, 0.15) is 6.07 Å². The van der Waals surface area contributed by atoms with Crippen molar-refractivity contribution in [2.45, 2.75) is 25.4 Å². The Morgan fingerprint density at radius 1 is 1.44 bits per heavy atom. The maximum Gasteiger partial charge on any atom is 0.179 e. The van der Waals surface area contributed by atoms with E-state index in [2.05, 4.69) is 22.0 Å². The van der Waals surface area contributed by atoms with Gasteiger partial charge in [0.15, 0.2) is 11.5 Å². The van der Waals surface area contributed by atoms with Crippen molar-refractivity contribution in [2.75, 3.05) is 7.11 Å². The van der Waals surface area contributed by atoms with Crippen LogP contribution < -0.4 is 9.47 Å². The van der Waals surface area contributed by atoms with Crippen molar-refractivity contribution >= 4 is 15.9 Å². The molecule has 4 heteroatoms. The van der Waals surface area contributed by atoms with E-state index in [1.165, 1.54) is 6.42 Å². The zero-order valence-electron chi connectivity index (χ0n) is 9.00. The Morgan fingerprint density at radius 3 is 2.69 bits per heavy atom. The Bertz CT molecular complexity index is 435. The van der Waals surface area contributed by atoms with E-state index in [1.54, 1.807) is 13.2 Å². The van der Waals surface area contributed by atoms with Crippen LogP contribution in [0.2, 0.25) is 0 Å². The molecule has 0 aromatic heterocycles. The standard InChI is InChI=1S/C12H12BrNO2/c1-15-11-6-9(13)5-8(7-14)12(11)16-10-3-2-4-10/h5-6,10H,2-4H2,1H3. The Balaban J connectivity index is 2.35. The molecule has 0 heterocycles. The van der Waals surface area contributed by atoms with Crippen molar-refractivity contribution < 1.29 is 9.47 Å². The van der Waals surface area contributed by atoms with Gasteiger partial charge < -0.3 is 9.47 Å². The van der Waals surface area contributed by atoms with Crippen molar-refractivity contribution in [3.8, 4) is 17.6 Å². The summed E-state index contributed by atoms with van der Waals surface area (Å²) in [7, 11) is 1.58. The smallest absolute Gasteiger partial charge is 0.179 e. The van der Waals surface area contributed by atoms with Crippen LogP contribution in [-0.4, -0.2) is 13.2 Å². The first-order valence-corrected chi connectivity index (χ1v) is 5.98. The monoisotopic (exact) mass is 281 g/mol. The van der Waals surface area contributed by atoms with Crippen LogP contribution in [0, 0.1) is 11.3 Å². The second kappa shape index (κ2) is 4.75. The van der Waals surface area contributed by atoms with E-state index >= 15 is 0 Å². The van der Waals surface area contributed by atoms with E-state index in [1.807, 2.05) is 6.07 Å². The predicted molar refractivity (Wildman–Crippen MR) is 63.7 cm³/mol. The number of hydrogen-bond donors (Lipinski definition) is 0. The van der Waals surface area contributed by atoms with Crippen molar-refractivity contribution in [1.82, 2.24) is 0 Å². The van der Waals surface area contributed by atoms with Gasteiger partial charge in [0.05, 0.1) is 18.8 Å². The molecule has 1 saturated carbocycles. The Morgan fingerprint density at radius 2 is 2.19 bits per heavy atom. The molecule has 0 saturated heterocycles. The molecule has 0 unspecified atom stereocenters. The third kappa shape index (κ3) is 2.14. The summed E-state index contributed by atoms with van der Waals surface area (Å²) in [5, 5.41) is 9.06. The largest absolute Gasteiger partial charge is 0.493 e. The summed E-state index contributed by atoms with van der Waals surface area (Å²) < 4.78 is 11.8. The lowest BCUT2D eigenvalue weighted by atomic mass is 9.96. The van der Waals surface area contributed by atoms with Crippen molar-refractivity contribution in [1.29, 1.82) is 5.26 Å². The number of nitriles is 1. The summed E-state index contributed by atoms with van der Waals surface area (Å²) in [6.07, 6.45) is 3.56. The van der Waals surface area contributed by atoms with E-state index in [-0.39, 0.29) is 6.10 Å². The zero-order valence-corrected chi connectivity index (χ0v) is 10.6. The lowest BCUT2D eigenvalue weighted by Gasteiger charge is -2.27. The number of ether oxygens (including phenoxy) is 2. The van der Waals surface area contributed by atoms with Gasteiger partial charge in [0.2, 0.25) is 0 Å². The molecule has 0 bridgehead atoms. The van der Waals surface area contributed by atoms with Gasteiger partial charge in [-0.25, -0.2) is 0 Å². The highest BCUT2D eigenvalue weighted by Gasteiger charge is 2.23. The normalized spacial score (nSPS) is 15.1. The van der Waals surface area contributed by atoms with E-state index in [0.29, 0.717) is 17.1 Å². The molecular weight excluding hydrogens is 270 g/mol. The summed E-state index contributed by atoms with van der Waals surface area (Å²) in [6.45, 7) is 0. The first kappa shape index (κ1) is 11.3. The lowest BCUT2D eigenvalue weighted by molar-refractivity contribution is 0.115.